The molecule has 5 nitrogen and oxygen atoms in total. The van der Waals surface area contributed by atoms with Gasteiger partial charge >= 0.3 is 0 Å². The number of anilines is 3. The lowest BCUT2D eigenvalue weighted by Gasteiger charge is -2.29. The number of aromatic hydroxyl groups is 3. The zero-order valence-electron chi connectivity index (χ0n) is 18.2. The molecule has 0 unspecified atom stereocenters. The molecule has 0 aliphatic rings. The van der Waals surface area contributed by atoms with Crippen molar-refractivity contribution < 1.29 is 20.1 Å². The number of hydrogen-bond acceptors (Lipinski definition) is 5. The lowest BCUT2D eigenvalue weighted by Crippen LogP contribution is -2.12. The number of rotatable bonds is 5. The van der Waals surface area contributed by atoms with Crippen molar-refractivity contribution in [2.75, 3.05) is 4.90 Å². The van der Waals surface area contributed by atoms with Gasteiger partial charge < -0.3 is 20.1 Å². The van der Waals surface area contributed by atoms with E-state index < -0.39 is 0 Å². The van der Waals surface area contributed by atoms with Gasteiger partial charge in [0.05, 0.1) is 17.1 Å². The van der Waals surface area contributed by atoms with Crippen molar-refractivity contribution in [1.29, 1.82) is 0 Å². The van der Waals surface area contributed by atoms with Gasteiger partial charge in [0.15, 0.2) is 5.75 Å². The predicted octanol–water partition coefficient (Wildman–Crippen LogP) is 6.99. The van der Waals surface area contributed by atoms with E-state index in [-0.39, 0.29) is 17.2 Å². The monoisotopic (exact) mass is 427 g/mol. The molecule has 0 amide bonds. The third kappa shape index (κ3) is 3.93. The second-order valence-electron chi connectivity index (χ2n) is 7.74. The lowest BCUT2D eigenvalue weighted by atomic mass is 10.1. The van der Waals surface area contributed by atoms with E-state index >= 15 is 0 Å². The van der Waals surface area contributed by atoms with Gasteiger partial charge in [-0.1, -0.05) is 36.4 Å². The average molecular weight is 428 g/mol. The normalized spacial score (nSPS) is 10.7. The first-order valence-electron chi connectivity index (χ1n) is 10.3. The summed E-state index contributed by atoms with van der Waals surface area (Å²) >= 11 is 0. The maximum absolute atomic E-state index is 10.9. The van der Waals surface area contributed by atoms with E-state index in [0.717, 1.165) is 5.56 Å². The summed E-state index contributed by atoms with van der Waals surface area (Å²) in [5, 5.41) is 31.6. The molecule has 0 radical (unpaired) electrons. The molecular weight excluding hydrogens is 402 g/mol. The van der Waals surface area contributed by atoms with Crippen LogP contribution in [-0.4, -0.2) is 15.3 Å². The zero-order chi connectivity index (χ0) is 22.8. The minimum atomic E-state index is 0.115. The summed E-state index contributed by atoms with van der Waals surface area (Å²) in [6.45, 7) is 5.51. The molecule has 0 aliphatic heterocycles. The summed E-state index contributed by atoms with van der Waals surface area (Å²) in [7, 11) is 0. The molecule has 5 heteroatoms. The van der Waals surface area contributed by atoms with Gasteiger partial charge in [-0.05, 0) is 79.9 Å². The fourth-order valence-corrected chi connectivity index (χ4v) is 3.63. The lowest BCUT2D eigenvalue weighted by molar-refractivity contribution is 0.460. The van der Waals surface area contributed by atoms with E-state index in [4.69, 9.17) is 4.74 Å². The Bertz CT molecular complexity index is 1230. The summed E-state index contributed by atoms with van der Waals surface area (Å²) < 4.78 is 6.24. The first-order valence-corrected chi connectivity index (χ1v) is 10.3. The summed E-state index contributed by atoms with van der Waals surface area (Å²) in [5.41, 5.74) is 3.89. The van der Waals surface area contributed by atoms with Crippen LogP contribution in [0.1, 0.15) is 16.7 Å². The van der Waals surface area contributed by atoms with E-state index in [1.807, 2.05) is 69.3 Å². The number of phenols is 3. The van der Waals surface area contributed by atoms with Gasteiger partial charge in [-0.3, -0.25) is 4.90 Å². The van der Waals surface area contributed by atoms with Crippen molar-refractivity contribution in [3.05, 3.63) is 95.6 Å². The van der Waals surface area contributed by atoms with Crippen molar-refractivity contribution in [3.8, 4) is 28.7 Å². The molecule has 3 N–H and O–H groups in total. The van der Waals surface area contributed by atoms with Crippen LogP contribution in [0.15, 0.2) is 78.9 Å². The van der Waals surface area contributed by atoms with E-state index in [2.05, 4.69) is 0 Å². The van der Waals surface area contributed by atoms with Gasteiger partial charge in [0.2, 0.25) is 0 Å². The molecule has 4 rings (SSSR count). The molecule has 0 heterocycles. The number of ether oxygens (including phenoxy) is 1. The summed E-state index contributed by atoms with van der Waals surface area (Å²) in [6.07, 6.45) is 0. The van der Waals surface area contributed by atoms with Gasteiger partial charge in [-0.25, -0.2) is 0 Å². The average Bonchev–Trinajstić information content (AvgIpc) is 2.77. The van der Waals surface area contributed by atoms with Crippen LogP contribution in [0.2, 0.25) is 0 Å². The van der Waals surface area contributed by atoms with Crippen molar-refractivity contribution in [2.45, 2.75) is 20.8 Å². The van der Waals surface area contributed by atoms with Gasteiger partial charge in [-0.15, -0.1) is 0 Å². The maximum Gasteiger partial charge on any atom is 0.151 e. The second-order valence-corrected chi connectivity index (χ2v) is 7.74. The molecule has 0 spiro atoms. The SMILES string of the molecule is Cc1cc(O)ccc1Oc1ccccc1N(c1cccc(C)c1O)c1cccc(C)c1O. The highest BCUT2D eigenvalue weighted by Crippen LogP contribution is 2.48. The summed E-state index contributed by atoms with van der Waals surface area (Å²) in [4.78, 5) is 1.79. The highest BCUT2D eigenvalue weighted by molar-refractivity contribution is 5.86. The Balaban J connectivity index is 1.93. The van der Waals surface area contributed by atoms with Crippen LogP contribution in [0.5, 0.6) is 28.7 Å². The highest BCUT2D eigenvalue weighted by atomic mass is 16.5. The van der Waals surface area contributed by atoms with E-state index in [1.54, 1.807) is 35.2 Å². The van der Waals surface area contributed by atoms with Crippen LogP contribution in [0.3, 0.4) is 0 Å². The Morgan fingerprint density at radius 1 is 0.562 bits per heavy atom. The molecule has 0 fully saturated rings. The minimum absolute atomic E-state index is 0.115. The Kier molecular flexibility index (Phi) is 5.65. The van der Waals surface area contributed by atoms with Crippen LogP contribution in [-0.2, 0) is 0 Å². The van der Waals surface area contributed by atoms with Crippen LogP contribution in [0.4, 0.5) is 17.1 Å². The van der Waals surface area contributed by atoms with Gasteiger partial charge in [0, 0.05) is 0 Å². The molecule has 0 aliphatic carbocycles. The van der Waals surface area contributed by atoms with Crippen molar-refractivity contribution in [2.24, 2.45) is 0 Å². The Morgan fingerprint density at radius 3 is 1.72 bits per heavy atom. The van der Waals surface area contributed by atoms with Crippen LogP contribution in [0, 0.1) is 20.8 Å². The third-order valence-corrected chi connectivity index (χ3v) is 5.40. The number of phenolic OH excluding ortho intramolecular Hbond substituents is 3. The van der Waals surface area contributed by atoms with Crippen molar-refractivity contribution in [3.63, 3.8) is 0 Å². The van der Waals surface area contributed by atoms with E-state index in [9.17, 15) is 15.3 Å². The first kappa shape index (κ1) is 21.1. The number of hydrogen-bond donors (Lipinski definition) is 3. The topological polar surface area (TPSA) is 73.2 Å². The fourth-order valence-electron chi connectivity index (χ4n) is 3.63. The molecule has 162 valence electrons. The number of benzene rings is 4. The number of aryl methyl sites for hydroxylation is 3. The standard InChI is InChI=1S/C27H25NO4/c1-17-8-6-11-22(26(17)30)28(23-12-7-9-18(2)27(23)31)21-10-4-5-13-25(21)32-24-15-14-20(29)16-19(24)3/h4-16,29-31H,1-3H3. The Morgan fingerprint density at radius 2 is 1.12 bits per heavy atom. The maximum atomic E-state index is 10.9. The largest absolute Gasteiger partial charge is 0.508 e. The Hall–Kier alpha value is -4.12. The van der Waals surface area contributed by atoms with Crippen LogP contribution < -0.4 is 9.64 Å². The Labute approximate surface area is 187 Å². The number of nitrogens with zero attached hydrogens (tertiary/aromatic N) is 1. The number of para-hydroxylation sites is 4. The molecule has 0 saturated carbocycles. The van der Waals surface area contributed by atoms with Crippen LogP contribution >= 0.6 is 0 Å². The summed E-state index contributed by atoms with van der Waals surface area (Å²) in [5.74, 6) is 1.52. The first-order chi connectivity index (χ1) is 15.4. The molecule has 0 bridgehead atoms. The zero-order valence-corrected chi connectivity index (χ0v) is 18.2. The molecule has 4 aromatic rings. The molecule has 0 atom stereocenters. The van der Waals surface area contributed by atoms with Crippen LogP contribution in [0.25, 0.3) is 0 Å². The van der Waals surface area contributed by atoms with Gasteiger partial charge in [-0.2, -0.15) is 0 Å². The molecule has 0 aromatic heterocycles. The third-order valence-electron chi connectivity index (χ3n) is 5.40. The quantitative estimate of drug-likeness (QED) is 0.320. The van der Waals surface area contributed by atoms with Gasteiger partial charge in [0.1, 0.15) is 23.0 Å². The molecular formula is C27H25NO4. The molecule has 4 aromatic carbocycles. The van der Waals surface area contributed by atoms with Crippen molar-refractivity contribution >= 4 is 17.1 Å². The summed E-state index contributed by atoms with van der Waals surface area (Å²) in [6, 6.07) is 23.3. The molecule has 32 heavy (non-hydrogen) atoms. The minimum Gasteiger partial charge on any atom is -0.508 e. The van der Waals surface area contributed by atoms with E-state index in [1.165, 1.54) is 0 Å². The van der Waals surface area contributed by atoms with Crippen molar-refractivity contribution in [1.82, 2.24) is 0 Å². The second kappa shape index (κ2) is 8.55. The highest BCUT2D eigenvalue weighted by Gasteiger charge is 2.23. The van der Waals surface area contributed by atoms with Gasteiger partial charge in [0.25, 0.3) is 0 Å². The van der Waals surface area contributed by atoms with E-state index in [0.29, 0.717) is 39.7 Å². The fraction of sp³-hybridized carbons (Fsp3) is 0.111. The molecule has 0 saturated heterocycles. The smallest absolute Gasteiger partial charge is 0.151 e. The predicted molar refractivity (Wildman–Crippen MR) is 127 cm³/mol.